The van der Waals surface area contributed by atoms with Crippen LogP contribution in [0, 0.1) is 19.3 Å². The third kappa shape index (κ3) is 6.59. The molecule has 0 spiro atoms. The van der Waals surface area contributed by atoms with Crippen molar-refractivity contribution >= 4 is 27.5 Å². The van der Waals surface area contributed by atoms with Crippen LogP contribution in [-0.4, -0.2) is 54.3 Å². The van der Waals surface area contributed by atoms with Crippen LogP contribution in [-0.2, 0) is 25.9 Å². The van der Waals surface area contributed by atoms with Gasteiger partial charge in [-0.3, -0.25) is 9.48 Å². The summed E-state index contributed by atoms with van der Waals surface area (Å²) in [4.78, 5) is 26.0. The fourth-order valence-corrected chi connectivity index (χ4v) is 4.77. The molecule has 2 aromatic rings. The SMILES string of the molecule is Cc1nn(CCN(C)C(=O)OC(C)(C)C)c(C)c1S(=O)(=O)c1ccc(NC(=O)C(C)(C)C)cc1. The normalized spacial score (nSPS) is 12.4. The Labute approximate surface area is 202 Å². The van der Waals surface area contributed by atoms with E-state index in [0.29, 0.717) is 30.2 Å². The Bertz CT molecular complexity index is 1150. The zero-order valence-electron chi connectivity index (χ0n) is 21.5. The summed E-state index contributed by atoms with van der Waals surface area (Å²) in [5.41, 5.74) is 0.219. The number of aryl methyl sites for hydroxylation is 1. The lowest BCUT2D eigenvalue weighted by molar-refractivity contribution is -0.123. The quantitative estimate of drug-likeness (QED) is 0.648. The van der Waals surface area contributed by atoms with Crippen LogP contribution in [0.1, 0.15) is 52.9 Å². The van der Waals surface area contributed by atoms with Gasteiger partial charge in [0, 0.05) is 24.7 Å². The van der Waals surface area contributed by atoms with E-state index >= 15 is 0 Å². The van der Waals surface area contributed by atoms with E-state index in [0.717, 1.165) is 0 Å². The van der Waals surface area contributed by atoms with Crippen molar-refractivity contribution in [1.29, 1.82) is 0 Å². The van der Waals surface area contributed by atoms with Crippen molar-refractivity contribution in [1.82, 2.24) is 14.7 Å². The number of nitrogens with one attached hydrogen (secondary N) is 1. The minimum atomic E-state index is -3.83. The van der Waals surface area contributed by atoms with Gasteiger partial charge < -0.3 is 15.0 Å². The fourth-order valence-electron chi connectivity index (χ4n) is 3.12. The molecule has 34 heavy (non-hydrogen) atoms. The van der Waals surface area contributed by atoms with Crippen molar-refractivity contribution in [3.63, 3.8) is 0 Å². The summed E-state index contributed by atoms with van der Waals surface area (Å²) in [5.74, 6) is -0.160. The summed E-state index contributed by atoms with van der Waals surface area (Å²) in [6.07, 6.45) is -0.458. The van der Waals surface area contributed by atoms with Crippen molar-refractivity contribution < 1.29 is 22.7 Å². The van der Waals surface area contributed by atoms with Crippen molar-refractivity contribution in [3.8, 4) is 0 Å². The number of ether oxygens (including phenoxy) is 1. The number of benzene rings is 1. The molecule has 0 aliphatic carbocycles. The van der Waals surface area contributed by atoms with Crippen molar-refractivity contribution in [2.75, 3.05) is 18.9 Å². The number of nitrogens with zero attached hydrogens (tertiary/aromatic N) is 3. The van der Waals surface area contributed by atoms with Gasteiger partial charge in [-0.25, -0.2) is 13.2 Å². The Morgan fingerprint density at radius 1 is 1.06 bits per heavy atom. The smallest absolute Gasteiger partial charge is 0.410 e. The van der Waals surface area contributed by atoms with E-state index in [2.05, 4.69) is 10.4 Å². The Morgan fingerprint density at radius 3 is 2.12 bits per heavy atom. The molecule has 0 aliphatic rings. The fraction of sp³-hybridized carbons (Fsp3) is 0.542. The maximum Gasteiger partial charge on any atom is 0.410 e. The second kappa shape index (κ2) is 9.77. The van der Waals surface area contributed by atoms with E-state index in [1.165, 1.54) is 17.0 Å². The molecule has 1 heterocycles. The molecule has 0 radical (unpaired) electrons. The Kier molecular flexibility index (Phi) is 7.87. The Morgan fingerprint density at radius 2 is 1.62 bits per heavy atom. The van der Waals surface area contributed by atoms with Gasteiger partial charge in [0.15, 0.2) is 0 Å². The molecule has 0 saturated carbocycles. The third-order valence-electron chi connectivity index (χ3n) is 5.04. The second-order valence-corrected chi connectivity index (χ2v) is 12.2. The molecular weight excluding hydrogens is 456 g/mol. The van der Waals surface area contributed by atoms with Gasteiger partial charge in [-0.05, 0) is 58.9 Å². The van der Waals surface area contributed by atoms with E-state index in [9.17, 15) is 18.0 Å². The molecule has 1 aromatic carbocycles. The van der Waals surface area contributed by atoms with Gasteiger partial charge in [0.2, 0.25) is 15.7 Å². The molecule has 188 valence electrons. The second-order valence-electron chi connectivity index (χ2n) is 10.4. The molecule has 10 heteroatoms. The van der Waals surface area contributed by atoms with Crippen molar-refractivity contribution in [3.05, 3.63) is 35.7 Å². The largest absolute Gasteiger partial charge is 0.444 e. The van der Waals surface area contributed by atoms with E-state index in [4.69, 9.17) is 4.74 Å². The summed E-state index contributed by atoms with van der Waals surface area (Å²) in [7, 11) is -2.21. The summed E-state index contributed by atoms with van der Waals surface area (Å²) in [6, 6.07) is 6.09. The number of hydrogen-bond donors (Lipinski definition) is 1. The highest BCUT2D eigenvalue weighted by molar-refractivity contribution is 7.91. The van der Waals surface area contributed by atoms with E-state index < -0.39 is 26.9 Å². The molecular formula is C24H36N4O5S. The zero-order valence-corrected chi connectivity index (χ0v) is 22.3. The molecule has 0 aliphatic heterocycles. The van der Waals surface area contributed by atoms with Crippen LogP contribution in [0.3, 0.4) is 0 Å². The average Bonchev–Trinajstić information content (AvgIpc) is 2.98. The number of carbonyl (C=O) groups is 2. The number of carbonyl (C=O) groups excluding carboxylic acids is 2. The lowest BCUT2D eigenvalue weighted by Crippen LogP contribution is -2.36. The lowest BCUT2D eigenvalue weighted by atomic mass is 9.95. The van der Waals surface area contributed by atoms with Gasteiger partial charge in [0.05, 0.1) is 22.8 Å². The number of anilines is 1. The van der Waals surface area contributed by atoms with Crippen molar-refractivity contribution in [2.45, 2.75) is 77.3 Å². The monoisotopic (exact) mass is 492 g/mol. The molecule has 0 bridgehead atoms. The molecule has 1 N–H and O–H groups in total. The van der Waals surface area contributed by atoms with Gasteiger partial charge in [0.1, 0.15) is 10.5 Å². The molecule has 0 saturated heterocycles. The minimum Gasteiger partial charge on any atom is -0.444 e. The molecule has 9 nitrogen and oxygen atoms in total. The number of likely N-dealkylation sites (N-methyl/N-ethyl adjacent to an activating group) is 1. The van der Waals surface area contributed by atoms with Gasteiger partial charge in [-0.15, -0.1) is 0 Å². The molecule has 0 atom stereocenters. The first-order chi connectivity index (χ1) is 15.4. The Balaban J connectivity index is 2.21. The van der Waals surface area contributed by atoms with Crippen LogP contribution >= 0.6 is 0 Å². The summed E-state index contributed by atoms with van der Waals surface area (Å²) < 4.78 is 33.6. The molecule has 2 amide bonds. The third-order valence-corrected chi connectivity index (χ3v) is 7.06. The van der Waals surface area contributed by atoms with Crippen LogP contribution in [0.2, 0.25) is 0 Å². The topological polar surface area (TPSA) is 111 Å². The molecule has 0 fully saturated rings. The predicted octanol–water partition coefficient (Wildman–Crippen LogP) is 4.18. The number of rotatable bonds is 6. The lowest BCUT2D eigenvalue weighted by Gasteiger charge is -2.24. The summed E-state index contributed by atoms with van der Waals surface area (Å²) in [6.45, 7) is 14.7. The maximum absolute atomic E-state index is 13.4. The number of aromatic nitrogens is 2. The zero-order chi connectivity index (χ0) is 26.1. The number of amides is 2. The van der Waals surface area contributed by atoms with Crippen LogP contribution < -0.4 is 5.32 Å². The van der Waals surface area contributed by atoms with Gasteiger partial charge in [-0.1, -0.05) is 20.8 Å². The predicted molar refractivity (Wildman–Crippen MR) is 131 cm³/mol. The first-order valence-electron chi connectivity index (χ1n) is 11.1. The van der Waals surface area contributed by atoms with E-state index in [-0.39, 0.29) is 15.7 Å². The van der Waals surface area contributed by atoms with Crippen LogP contribution in [0.25, 0.3) is 0 Å². The first-order valence-corrected chi connectivity index (χ1v) is 12.6. The molecule has 2 rings (SSSR count). The molecule has 1 aromatic heterocycles. The van der Waals surface area contributed by atoms with E-state index in [1.807, 2.05) is 0 Å². The summed E-state index contributed by atoms with van der Waals surface area (Å²) in [5, 5.41) is 7.18. The number of sulfone groups is 1. The Hall–Kier alpha value is -2.88. The standard InChI is InChI=1S/C24H36N4O5S/c1-16-20(17(2)28(26-16)15-14-27(9)22(30)33-24(6,7)8)34(31,32)19-12-10-18(11-13-19)25-21(29)23(3,4)5/h10-13H,14-15H2,1-9H3,(H,25,29). The van der Waals surface area contributed by atoms with Gasteiger partial charge in [-0.2, -0.15) is 5.10 Å². The van der Waals surface area contributed by atoms with Crippen LogP contribution in [0.4, 0.5) is 10.5 Å². The van der Waals surface area contributed by atoms with Gasteiger partial charge in [0.25, 0.3) is 0 Å². The highest BCUT2D eigenvalue weighted by Crippen LogP contribution is 2.28. The highest BCUT2D eigenvalue weighted by Gasteiger charge is 2.28. The van der Waals surface area contributed by atoms with Crippen LogP contribution in [0.15, 0.2) is 34.1 Å². The first kappa shape index (κ1) is 27.4. The van der Waals surface area contributed by atoms with E-state index in [1.54, 1.807) is 79.3 Å². The number of hydrogen-bond acceptors (Lipinski definition) is 6. The van der Waals surface area contributed by atoms with Crippen LogP contribution in [0.5, 0.6) is 0 Å². The summed E-state index contributed by atoms with van der Waals surface area (Å²) >= 11 is 0. The molecule has 0 unspecified atom stereocenters. The van der Waals surface area contributed by atoms with Gasteiger partial charge >= 0.3 is 6.09 Å². The highest BCUT2D eigenvalue weighted by atomic mass is 32.2. The minimum absolute atomic E-state index is 0.109. The average molecular weight is 493 g/mol. The maximum atomic E-state index is 13.4. The van der Waals surface area contributed by atoms with Crippen molar-refractivity contribution in [2.24, 2.45) is 5.41 Å².